The van der Waals surface area contributed by atoms with E-state index in [4.69, 9.17) is 0 Å². The molecule has 0 aromatic heterocycles. The van der Waals surface area contributed by atoms with Crippen molar-refractivity contribution in [3.05, 3.63) is 71.3 Å². The monoisotopic (exact) mass is 433 g/mol. The van der Waals surface area contributed by atoms with Gasteiger partial charge in [0, 0.05) is 38.5 Å². The predicted octanol–water partition coefficient (Wildman–Crippen LogP) is 2.74. The van der Waals surface area contributed by atoms with Crippen LogP contribution in [0.25, 0.3) is 0 Å². The highest BCUT2D eigenvalue weighted by atomic mass is 16.2. The van der Waals surface area contributed by atoms with E-state index in [0.29, 0.717) is 13.1 Å². The molecule has 2 saturated heterocycles. The summed E-state index contributed by atoms with van der Waals surface area (Å²) >= 11 is 0. The Morgan fingerprint density at radius 2 is 1.72 bits per heavy atom. The Bertz CT molecular complexity index is 1020. The minimum Gasteiger partial charge on any atom is -0.340 e. The molecule has 4 rings (SSSR count). The Hall–Kier alpha value is -2.99. The minimum atomic E-state index is -1.15. The van der Waals surface area contributed by atoms with Crippen molar-refractivity contribution in [2.75, 3.05) is 26.7 Å². The first-order chi connectivity index (χ1) is 15.3. The summed E-state index contributed by atoms with van der Waals surface area (Å²) in [5.74, 6) is -0.547. The van der Waals surface area contributed by atoms with Crippen LogP contribution in [0, 0.1) is 6.92 Å². The maximum Gasteiger partial charge on any atom is 0.241 e. The van der Waals surface area contributed by atoms with E-state index in [0.717, 1.165) is 23.2 Å². The summed E-state index contributed by atoms with van der Waals surface area (Å²) in [5, 5.41) is 0. The van der Waals surface area contributed by atoms with Gasteiger partial charge >= 0.3 is 0 Å². The number of nitrogens with zero attached hydrogens (tertiary/aromatic N) is 3. The number of aryl methyl sites for hydroxylation is 1. The maximum absolute atomic E-state index is 13.9. The van der Waals surface area contributed by atoms with E-state index in [9.17, 15) is 14.4 Å². The standard InChI is InChI=1S/C26H31N3O3/c1-19-9-7-8-12-22(19)26(15-23(30)28-14-13-27(3)20(2)17-28)16-24(31)29(25(26)32)18-21-10-5-4-6-11-21/h4-12,20H,13-18H2,1-3H3. The number of piperazine rings is 1. The summed E-state index contributed by atoms with van der Waals surface area (Å²) in [4.78, 5) is 45.8. The molecule has 0 bridgehead atoms. The fourth-order valence-electron chi connectivity index (χ4n) is 4.93. The third-order valence-corrected chi connectivity index (χ3v) is 7.02. The van der Waals surface area contributed by atoms with Crippen LogP contribution < -0.4 is 0 Å². The molecule has 2 atom stereocenters. The van der Waals surface area contributed by atoms with Crippen LogP contribution in [-0.4, -0.2) is 65.1 Å². The van der Waals surface area contributed by atoms with Crippen LogP contribution in [0.2, 0.25) is 0 Å². The molecule has 2 fully saturated rings. The van der Waals surface area contributed by atoms with E-state index < -0.39 is 5.41 Å². The minimum absolute atomic E-state index is 0.0180. The average molecular weight is 434 g/mol. The summed E-state index contributed by atoms with van der Waals surface area (Å²) in [7, 11) is 2.06. The van der Waals surface area contributed by atoms with E-state index in [1.807, 2.05) is 66.4 Å². The van der Waals surface area contributed by atoms with Gasteiger partial charge < -0.3 is 9.80 Å². The van der Waals surface area contributed by atoms with Crippen LogP contribution in [0.15, 0.2) is 54.6 Å². The van der Waals surface area contributed by atoms with Crippen molar-refractivity contribution in [1.82, 2.24) is 14.7 Å². The fourth-order valence-corrected chi connectivity index (χ4v) is 4.93. The molecule has 2 aliphatic heterocycles. The van der Waals surface area contributed by atoms with E-state index in [1.165, 1.54) is 4.90 Å². The molecule has 32 heavy (non-hydrogen) atoms. The fraction of sp³-hybridized carbons (Fsp3) is 0.423. The van der Waals surface area contributed by atoms with Gasteiger partial charge in [0.25, 0.3) is 0 Å². The highest BCUT2D eigenvalue weighted by Gasteiger charge is 2.54. The summed E-state index contributed by atoms with van der Waals surface area (Å²) < 4.78 is 0. The molecule has 6 nitrogen and oxygen atoms in total. The molecular formula is C26H31N3O3. The molecule has 0 saturated carbocycles. The normalized spacial score (nSPS) is 24.3. The molecule has 2 aliphatic rings. The van der Waals surface area contributed by atoms with E-state index in [1.54, 1.807) is 0 Å². The SMILES string of the molecule is Cc1ccccc1C1(CC(=O)N2CCN(C)C(C)C2)CC(=O)N(Cc2ccccc2)C1=O. The Labute approximate surface area is 189 Å². The molecule has 0 radical (unpaired) electrons. The maximum atomic E-state index is 13.9. The van der Waals surface area contributed by atoms with Crippen molar-refractivity contribution >= 4 is 17.7 Å². The second-order valence-electron chi connectivity index (χ2n) is 9.19. The number of amides is 3. The van der Waals surface area contributed by atoms with Gasteiger partial charge in [-0.2, -0.15) is 0 Å². The number of hydrogen-bond donors (Lipinski definition) is 0. The van der Waals surface area contributed by atoms with Crippen molar-refractivity contribution in [2.24, 2.45) is 0 Å². The summed E-state index contributed by atoms with van der Waals surface area (Å²) in [6.45, 7) is 6.34. The molecule has 0 aliphatic carbocycles. The number of likely N-dealkylation sites (N-methyl/N-ethyl adjacent to an activating group) is 1. The molecule has 3 amide bonds. The molecular weight excluding hydrogens is 402 g/mol. The molecule has 6 heteroatoms. The Morgan fingerprint density at radius 3 is 2.41 bits per heavy atom. The quantitative estimate of drug-likeness (QED) is 0.681. The highest BCUT2D eigenvalue weighted by molar-refractivity contribution is 6.10. The van der Waals surface area contributed by atoms with Crippen LogP contribution in [-0.2, 0) is 26.3 Å². The van der Waals surface area contributed by atoms with Gasteiger partial charge in [-0.05, 0) is 37.6 Å². The van der Waals surface area contributed by atoms with Crippen LogP contribution in [0.3, 0.4) is 0 Å². The molecule has 2 unspecified atom stereocenters. The summed E-state index contributed by atoms with van der Waals surface area (Å²) in [6.07, 6.45) is 0.0444. The number of rotatable bonds is 5. The highest BCUT2D eigenvalue weighted by Crippen LogP contribution is 2.42. The lowest BCUT2D eigenvalue weighted by Crippen LogP contribution is -2.53. The third kappa shape index (κ3) is 4.07. The second-order valence-corrected chi connectivity index (χ2v) is 9.19. The molecule has 168 valence electrons. The van der Waals surface area contributed by atoms with Gasteiger partial charge in [0.2, 0.25) is 17.7 Å². The van der Waals surface area contributed by atoms with Gasteiger partial charge in [0.15, 0.2) is 0 Å². The van der Waals surface area contributed by atoms with E-state index >= 15 is 0 Å². The average Bonchev–Trinajstić information content (AvgIpc) is 3.01. The van der Waals surface area contributed by atoms with E-state index in [-0.39, 0.29) is 43.1 Å². The van der Waals surface area contributed by atoms with Gasteiger partial charge in [0.1, 0.15) is 0 Å². The lowest BCUT2D eigenvalue weighted by molar-refractivity contribution is -0.144. The van der Waals surface area contributed by atoms with Crippen LogP contribution in [0.4, 0.5) is 0 Å². The van der Waals surface area contributed by atoms with Crippen molar-refractivity contribution < 1.29 is 14.4 Å². The zero-order valence-corrected chi connectivity index (χ0v) is 19.1. The second kappa shape index (κ2) is 8.87. The molecule has 2 heterocycles. The lowest BCUT2D eigenvalue weighted by Gasteiger charge is -2.39. The number of carbonyl (C=O) groups excluding carboxylic acids is 3. The first-order valence-corrected chi connectivity index (χ1v) is 11.2. The van der Waals surface area contributed by atoms with Gasteiger partial charge in [0.05, 0.1) is 12.0 Å². The summed E-state index contributed by atoms with van der Waals surface area (Å²) in [6, 6.07) is 17.4. The first-order valence-electron chi connectivity index (χ1n) is 11.2. The Morgan fingerprint density at radius 1 is 1.03 bits per heavy atom. The molecule has 0 N–H and O–H groups in total. The smallest absolute Gasteiger partial charge is 0.241 e. The third-order valence-electron chi connectivity index (χ3n) is 7.02. The first kappa shape index (κ1) is 22.2. The largest absolute Gasteiger partial charge is 0.340 e. The Kier molecular flexibility index (Phi) is 6.15. The number of carbonyl (C=O) groups is 3. The Balaban J connectivity index is 1.67. The number of likely N-dealkylation sites (tertiary alicyclic amines) is 1. The lowest BCUT2D eigenvalue weighted by atomic mass is 9.74. The van der Waals surface area contributed by atoms with Crippen molar-refractivity contribution in [3.63, 3.8) is 0 Å². The van der Waals surface area contributed by atoms with Crippen LogP contribution >= 0.6 is 0 Å². The van der Waals surface area contributed by atoms with E-state index in [2.05, 4.69) is 18.9 Å². The van der Waals surface area contributed by atoms with Gasteiger partial charge in [-0.1, -0.05) is 54.6 Å². The zero-order chi connectivity index (χ0) is 22.9. The number of hydrogen-bond acceptors (Lipinski definition) is 4. The molecule has 2 aromatic carbocycles. The van der Waals surface area contributed by atoms with Crippen LogP contribution in [0.5, 0.6) is 0 Å². The van der Waals surface area contributed by atoms with Crippen molar-refractivity contribution in [3.8, 4) is 0 Å². The molecule has 2 aromatic rings. The topological polar surface area (TPSA) is 60.9 Å². The predicted molar refractivity (Wildman–Crippen MR) is 123 cm³/mol. The summed E-state index contributed by atoms with van der Waals surface area (Å²) in [5.41, 5.74) is 1.45. The van der Waals surface area contributed by atoms with Crippen molar-refractivity contribution in [2.45, 2.75) is 44.7 Å². The zero-order valence-electron chi connectivity index (χ0n) is 19.1. The number of benzene rings is 2. The number of imide groups is 1. The van der Waals surface area contributed by atoms with Crippen LogP contribution in [0.1, 0.15) is 36.5 Å². The van der Waals surface area contributed by atoms with Gasteiger partial charge in [-0.25, -0.2) is 0 Å². The molecule has 0 spiro atoms. The van der Waals surface area contributed by atoms with Gasteiger partial charge in [-0.3, -0.25) is 19.3 Å². The van der Waals surface area contributed by atoms with Gasteiger partial charge in [-0.15, -0.1) is 0 Å². The van der Waals surface area contributed by atoms with Crippen molar-refractivity contribution in [1.29, 1.82) is 0 Å².